The third-order valence-corrected chi connectivity index (χ3v) is 3.11. The van der Waals surface area contributed by atoms with Gasteiger partial charge in [0.05, 0.1) is 42.4 Å². The van der Waals surface area contributed by atoms with Gasteiger partial charge in [-0.05, 0) is 24.3 Å². The van der Waals surface area contributed by atoms with E-state index in [1.807, 2.05) is 0 Å². The van der Waals surface area contributed by atoms with E-state index in [-0.39, 0.29) is 11.3 Å². The van der Waals surface area contributed by atoms with Gasteiger partial charge in [0.15, 0.2) is 0 Å². The molecule has 6 nitrogen and oxygen atoms in total. The highest BCUT2D eigenvalue weighted by Crippen LogP contribution is 2.28. The molecule has 0 saturated carbocycles. The number of methoxy groups -OCH3 is 2. The van der Waals surface area contributed by atoms with Crippen LogP contribution in [0.3, 0.4) is 0 Å². The summed E-state index contributed by atoms with van der Waals surface area (Å²) >= 11 is 0. The number of rotatable bonds is 4. The maximum absolute atomic E-state index is 11.8. The number of benzene rings is 2. The number of nitrogens with two attached hydrogens (primary N) is 1. The van der Waals surface area contributed by atoms with Crippen molar-refractivity contribution in [2.24, 2.45) is 0 Å². The lowest BCUT2D eigenvalue weighted by Crippen LogP contribution is -2.09. The van der Waals surface area contributed by atoms with Crippen LogP contribution in [-0.2, 0) is 9.47 Å². The Bertz CT molecular complexity index is 713. The molecule has 114 valence electrons. The average molecular weight is 300 g/mol. The fourth-order valence-corrected chi connectivity index (χ4v) is 1.99. The van der Waals surface area contributed by atoms with Gasteiger partial charge in [0.25, 0.3) is 0 Å². The van der Waals surface area contributed by atoms with Crippen molar-refractivity contribution in [3.05, 3.63) is 53.6 Å². The van der Waals surface area contributed by atoms with Gasteiger partial charge < -0.3 is 20.5 Å². The zero-order valence-electron chi connectivity index (χ0n) is 12.3. The van der Waals surface area contributed by atoms with Crippen LogP contribution >= 0.6 is 0 Å². The van der Waals surface area contributed by atoms with Crippen molar-refractivity contribution in [2.75, 3.05) is 25.3 Å². The molecule has 0 radical (unpaired) electrons. The average Bonchev–Trinajstić information content (AvgIpc) is 2.56. The molecule has 0 atom stereocenters. The molecule has 2 aromatic rings. The van der Waals surface area contributed by atoms with E-state index in [1.165, 1.54) is 14.2 Å². The minimum atomic E-state index is -0.526. The van der Waals surface area contributed by atoms with Crippen LogP contribution in [0.25, 0.3) is 0 Å². The summed E-state index contributed by atoms with van der Waals surface area (Å²) in [4.78, 5) is 23.4. The molecule has 0 unspecified atom stereocenters. The molecule has 0 fully saturated rings. The lowest BCUT2D eigenvalue weighted by Gasteiger charge is -2.14. The monoisotopic (exact) mass is 300 g/mol. The predicted molar refractivity (Wildman–Crippen MR) is 83.3 cm³/mol. The Morgan fingerprint density at radius 3 is 2.09 bits per heavy atom. The van der Waals surface area contributed by atoms with E-state index >= 15 is 0 Å². The lowest BCUT2D eigenvalue weighted by molar-refractivity contribution is 0.0592. The lowest BCUT2D eigenvalue weighted by atomic mass is 10.1. The molecule has 0 bridgehead atoms. The number of nitrogens with one attached hydrogen (secondary N) is 1. The molecule has 3 N–H and O–H groups in total. The summed E-state index contributed by atoms with van der Waals surface area (Å²) in [5.41, 5.74) is 7.88. The van der Waals surface area contributed by atoms with Crippen LogP contribution < -0.4 is 11.1 Å². The number of esters is 2. The Morgan fingerprint density at radius 1 is 0.864 bits per heavy atom. The highest BCUT2D eigenvalue weighted by molar-refractivity contribution is 6.00. The quantitative estimate of drug-likeness (QED) is 0.666. The summed E-state index contributed by atoms with van der Waals surface area (Å²) in [6, 6.07) is 11.8. The van der Waals surface area contributed by atoms with Gasteiger partial charge in [-0.25, -0.2) is 9.59 Å². The summed E-state index contributed by atoms with van der Waals surface area (Å²) in [6.07, 6.45) is 0. The second-order valence-electron chi connectivity index (χ2n) is 4.42. The number of carbonyl (C=O) groups is 2. The maximum Gasteiger partial charge on any atom is 0.340 e. The summed E-state index contributed by atoms with van der Waals surface area (Å²) < 4.78 is 9.42. The van der Waals surface area contributed by atoms with Crippen molar-refractivity contribution in [1.82, 2.24) is 0 Å². The molecule has 0 aliphatic rings. The number of hydrogen-bond acceptors (Lipinski definition) is 6. The van der Waals surface area contributed by atoms with Gasteiger partial charge in [-0.2, -0.15) is 0 Å². The zero-order valence-corrected chi connectivity index (χ0v) is 12.3. The highest BCUT2D eigenvalue weighted by Gasteiger charge is 2.15. The minimum Gasteiger partial charge on any atom is -0.465 e. The number of para-hydroxylation sites is 2. The van der Waals surface area contributed by atoms with Crippen molar-refractivity contribution in [3.63, 3.8) is 0 Å². The second-order valence-corrected chi connectivity index (χ2v) is 4.42. The van der Waals surface area contributed by atoms with Crippen LogP contribution in [-0.4, -0.2) is 26.2 Å². The standard InChI is InChI=1S/C16H16N2O4/c1-21-15(19)10-6-3-4-8-12(10)18-13-9-5-7-11(14(13)17)16(20)22-2/h3-9,18H,17H2,1-2H3. The van der Waals surface area contributed by atoms with Crippen molar-refractivity contribution in [1.29, 1.82) is 0 Å². The molecular weight excluding hydrogens is 284 g/mol. The molecule has 0 aromatic heterocycles. The van der Waals surface area contributed by atoms with Crippen molar-refractivity contribution < 1.29 is 19.1 Å². The third kappa shape index (κ3) is 3.01. The fourth-order valence-electron chi connectivity index (χ4n) is 1.99. The van der Waals surface area contributed by atoms with Gasteiger partial charge in [-0.3, -0.25) is 0 Å². The van der Waals surface area contributed by atoms with E-state index in [2.05, 4.69) is 10.1 Å². The first-order valence-corrected chi connectivity index (χ1v) is 6.49. The molecule has 2 aromatic carbocycles. The van der Waals surface area contributed by atoms with Crippen LogP contribution in [0.1, 0.15) is 20.7 Å². The summed E-state index contributed by atoms with van der Waals surface area (Å²) in [5, 5.41) is 3.04. The largest absolute Gasteiger partial charge is 0.465 e. The number of carbonyl (C=O) groups excluding carboxylic acids is 2. The van der Waals surface area contributed by atoms with E-state index in [4.69, 9.17) is 10.5 Å². The summed E-state index contributed by atoms with van der Waals surface area (Å²) in [6.45, 7) is 0. The molecule has 6 heteroatoms. The highest BCUT2D eigenvalue weighted by atomic mass is 16.5. The van der Waals surface area contributed by atoms with Crippen LogP contribution in [0.15, 0.2) is 42.5 Å². The van der Waals surface area contributed by atoms with E-state index in [9.17, 15) is 9.59 Å². The minimum absolute atomic E-state index is 0.244. The first kappa shape index (κ1) is 15.4. The van der Waals surface area contributed by atoms with Crippen molar-refractivity contribution >= 4 is 29.0 Å². The first-order chi connectivity index (χ1) is 10.6. The molecule has 0 aliphatic carbocycles. The van der Waals surface area contributed by atoms with Gasteiger partial charge in [0, 0.05) is 0 Å². The normalized spacial score (nSPS) is 9.91. The van der Waals surface area contributed by atoms with Crippen molar-refractivity contribution in [2.45, 2.75) is 0 Å². The maximum atomic E-state index is 11.8. The van der Waals surface area contributed by atoms with Gasteiger partial charge in [0.2, 0.25) is 0 Å². The molecule has 0 amide bonds. The van der Waals surface area contributed by atoms with Crippen LogP contribution in [0.4, 0.5) is 17.1 Å². The van der Waals surface area contributed by atoms with E-state index < -0.39 is 11.9 Å². The van der Waals surface area contributed by atoms with Gasteiger partial charge >= 0.3 is 11.9 Å². The number of anilines is 3. The molecule has 2 rings (SSSR count). The molecule has 22 heavy (non-hydrogen) atoms. The van der Waals surface area contributed by atoms with Crippen LogP contribution in [0.5, 0.6) is 0 Å². The van der Waals surface area contributed by atoms with Crippen LogP contribution in [0.2, 0.25) is 0 Å². The van der Waals surface area contributed by atoms with E-state index in [0.29, 0.717) is 16.9 Å². The van der Waals surface area contributed by atoms with Crippen molar-refractivity contribution in [3.8, 4) is 0 Å². The Morgan fingerprint density at radius 2 is 1.41 bits per heavy atom. The molecule has 0 heterocycles. The Balaban J connectivity index is 2.40. The number of nitrogen functional groups attached to an aromatic ring is 1. The summed E-state index contributed by atoms with van der Waals surface area (Å²) in [7, 11) is 2.60. The first-order valence-electron chi connectivity index (χ1n) is 6.49. The Kier molecular flexibility index (Phi) is 4.63. The van der Waals surface area contributed by atoms with Gasteiger partial charge in [-0.1, -0.05) is 18.2 Å². The number of hydrogen-bond donors (Lipinski definition) is 2. The van der Waals surface area contributed by atoms with Gasteiger partial charge in [-0.15, -0.1) is 0 Å². The van der Waals surface area contributed by atoms with Gasteiger partial charge in [0.1, 0.15) is 0 Å². The molecule has 0 aliphatic heterocycles. The fraction of sp³-hybridized carbons (Fsp3) is 0.125. The smallest absolute Gasteiger partial charge is 0.340 e. The molecule has 0 saturated heterocycles. The Labute approximate surface area is 127 Å². The molecular formula is C16H16N2O4. The topological polar surface area (TPSA) is 90.6 Å². The molecule has 0 spiro atoms. The summed E-state index contributed by atoms with van der Waals surface area (Å²) in [5.74, 6) is -0.992. The zero-order chi connectivity index (χ0) is 16.1. The number of ether oxygens (including phenoxy) is 2. The van der Waals surface area contributed by atoms with E-state index in [1.54, 1.807) is 42.5 Å². The predicted octanol–water partition coefficient (Wildman–Crippen LogP) is 2.59. The van der Waals surface area contributed by atoms with E-state index in [0.717, 1.165) is 0 Å². The third-order valence-electron chi connectivity index (χ3n) is 3.11. The Hall–Kier alpha value is -3.02. The second kappa shape index (κ2) is 6.62. The van der Waals surface area contributed by atoms with Crippen LogP contribution in [0, 0.1) is 0 Å². The SMILES string of the molecule is COC(=O)c1ccccc1Nc1cccc(C(=O)OC)c1N.